The molecule has 2 heterocycles. The van der Waals surface area contributed by atoms with E-state index in [0.717, 1.165) is 37.1 Å². The molecule has 28 heavy (non-hydrogen) atoms. The number of nitrogens with zero attached hydrogens (tertiary/aromatic N) is 3. The molecule has 1 fully saturated rings. The van der Waals surface area contributed by atoms with Crippen molar-refractivity contribution in [1.29, 1.82) is 0 Å². The van der Waals surface area contributed by atoms with Crippen molar-refractivity contribution in [2.24, 2.45) is 5.92 Å². The number of carbonyl (C=O) groups is 1. The SMILES string of the molecule is CCOCCCNC(=O)[C@@H]1CCCN(c2nc(-c3ccc(OC)cc3)no2)C1. The Morgan fingerprint density at radius 2 is 2.18 bits per heavy atom. The van der Waals surface area contributed by atoms with Gasteiger partial charge in [-0.1, -0.05) is 5.16 Å². The molecule has 0 saturated carbocycles. The molecule has 0 radical (unpaired) electrons. The lowest BCUT2D eigenvalue weighted by atomic mass is 9.97. The van der Waals surface area contributed by atoms with Crippen LogP contribution in [0.2, 0.25) is 0 Å². The summed E-state index contributed by atoms with van der Waals surface area (Å²) in [5.74, 6) is 1.31. The zero-order valence-electron chi connectivity index (χ0n) is 16.5. The van der Waals surface area contributed by atoms with Gasteiger partial charge in [-0.3, -0.25) is 4.79 Å². The lowest BCUT2D eigenvalue weighted by Gasteiger charge is -2.30. The highest BCUT2D eigenvalue weighted by molar-refractivity contribution is 5.79. The summed E-state index contributed by atoms with van der Waals surface area (Å²) in [5.41, 5.74) is 0.858. The van der Waals surface area contributed by atoms with Crippen molar-refractivity contribution in [2.75, 3.05) is 44.9 Å². The van der Waals surface area contributed by atoms with Gasteiger partial charge in [0.2, 0.25) is 11.7 Å². The second-order valence-electron chi connectivity index (χ2n) is 6.76. The summed E-state index contributed by atoms with van der Waals surface area (Å²) in [5, 5.41) is 7.08. The molecular formula is C20H28N4O4. The molecule has 0 bridgehead atoms. The zero-order chi connectivity index (χ0) is 19.8. The average molecular weight is 388 g/mol. The third kappa shape index (κ3) is 5.22. The van der Waals surface area contributed by atoms with Gasteiger partial charge in [0.15, 0.2) is 0 Å². The highest BCUT2D eigenvalue weighted by Crippen LogP contribution is 2.25. The van der Waals surface area contributed by atoms with Crippen LogP contribution < -0.4 is 15.0 Å². The molecule has 1 aliphatic rings. The predicted molar refractivity (Wildman–Crippen MR) is 105 cm³/mol. The molecule has 1 N–H and O–H groups in total. The fourth-order valence-corrected chi connectivity index (χ4v) is 3.24. The van der Waals surface area contributed by atoms with Gasteiger partial charge >= 0.3 is 6.01 Å². The molecule has 1 aromatic carbocycles. The van der Waals surface area contributed by atoms with Gasteiger partial charge in [-0.2, -0.15) is 4.98 Å². The fourth-order valence-electron chi connectivity index (χ4n) is 3.24. The normalized spacial score (nSPS) is 16.8. The highest BCUT2D eigenvalue weighted by atomic mass is 16.5. The Morgan fingerprint density at radius 3 is 2.93 bits per heavy atom. The predicted octanol–water partition coefficient (Wildman–Crippen LogP) is 2.50. The first-order valence-corrected chi connectivity index (χ1v) is 9.79. The molecule has 152 valence electrons. The summed E-state index contributed by atoms with van der Waals surface area (Å²) in [6.07, 6.45) is 2.61. The van der Waals surface area contributed by atoms with Crippen LogP contribution >= 0.6 is 0 Å². The van der Waals surface area contributed by atoms with Crippen LogP contribution in [0.4, 0.5) is 6.01 Å². The minimum Gasteiger partial charge on any atom is -0.497 e. The average Bonchev–Trinajstić information content (AvgIpc) is 3.24. The summed E-state index contributed by atoms with van der Waals surface area (Å²) in [4.78, 5) is 18.9. The van der Waals surface area contributed by atoms with Crippen molar-refractivity contribution in [3.8, 4) is 17.1 Å². The Balaban J connectivity index is 1.55. The number of anilines is 1. The molecule has 1 aromatic heterocycles. The van der Waals surface area contributed by atoms with Crippen molar-refractivity contribution < 1.29 is 18.8 Å². The maximum Gasteiger partial charge on any atom is 0.324 e. The lowest BCUT2D eigenvalue weighted by Crippen LogP contribution is -2.43. The number of benzene rings is 1. The van der Waals surface area contributed by atoms with Crippen LogP contribution in [0.25, 0.3) is 11.4 Å². The van der Waals surface area contributed by atoms with Crippen LogP contribution in [-0.2, 0) is 9.53 Å². The standard InChI is InChI=1S/C20H28N4O4/c1-3-27-13-5-11-21-19(25)16-6-4-12-24(14-16)20-22-18(23-28-20)15-7-9-17(26-2)10-8-15/h7-10,16H,3-6,11-14H2,1-2H3,(H,21,25)/t16-/m1/s1. The largest absolute Gasteiger partial charge is 0.497 e. The maximum absolute atomic E-state index is 12.4. The number of rotatable bonds is 9. The van der Waals surface area contributed by atoms with Gasteiger partial charge in [0.05, 0.1) is 13.0 Å². The van der Waals surface area contributed by atoms with Crippen LogP contribution in [0.5, 0.6) is 5.75 Å². The fraction of sp³-hybridized carbons (Fsp3) is 0.550. The van der Waals surface area contributed by atoms with Gasteiger partial charge in [0.1, 0.15) is 5.75 Å². The Hall–Kier alpha value is -2.61. The van der Waals surface area contributed by atoms with Crippen molar-refractivity contribution in [3.05, 3.63) is 24.3 Å². The van der Waals surface area contributed by atoms with E-state index in [1.165, 1.54) is 0 Å². The van der Waals surface area contributed by atoms with Crippen LogP contribution in [0.3, 0.4) is 0 Å². The van der Waals surface area contributed by atoms with Gasteiger partial charge in [-0.15, -0.1) is 0 Å². The van der Waals surface area contributed by atoms with Gasteiger partial charge < -0.3 is 24.2 Å². The molecule has 8 heteroatoms. The number of methoxy groups -OCH3 is 1. The molecule has 2 aromatic rings. The molecule has 1 amide bonds. The van der Waals surface area contributed by atoms with E-state index in [1.54, 1.807) is 7.11 Å². The lowest BCUT2D eigenvalue weighted by molar-refractivity contribution is -0.125. The Kier molecular flexibility index (Phi) is 7.25. The molecule has 1 saturated heterocycles. The molecule has 1 aliphatic heterocycles. The van der Waals surface area contributed by atoms with Crippen LogP contribution in [0.1, 0.15) is 26.2 Å². The number of ether oxygens (including phenoxy) is 2. The summed E-state index contributed by atoms with van der Waals surface area (Å²) >= 11 is 0. The first kappa shape index (κ1) is 20.1. The number of nitrogens with one attached hydrogen (secondary N) is 1. The van der Waals surface area contributed by atoms with Crippen LogP contribution in [0.15, 0.2) is 28.8 Å². The topological polar surface area (TPSA) is 89.7 Å². The number of carbonyl (C=O) groups excluding carboxylic acids is 1. The second kappa shape index (κ2) is 10.1. The van der Waals surface area contributed by atoms with Crippen molar-refractivity contribution in [3.63, 3.8) is 0 Å². The first-order chi connectivity index (χ1) is 13.7. The summed E-state index contributed by atoms with van der Waals surface area (Å²) < 4.78 is 15.9. The van der Waals surface area contributed by atoms with Crippen LogP contribution in [-0.4, -0.2) is 56.0 Å². The molecule has 0 aliphatic carbocycles. The monoisotopic (exact) mass is 388 g/mol. The first-order valence-electron chi connectivity index (χ1n) is 9.79. The minimum atomic E-state index is -0.0721. The Morgan fingerprint density at radius 1 is 1.36 bits per heavy atom. The summed E-state index contributed by atoms with van der Waals surface area (Å²) in [6, 6.07) is 7.96. The van der Waals surface area contributed by atoms with E-state index >= 15 is 0 Å². The number of piperidine rings is 1. The number of hydrogen-bond donors (Lipinski definition) is 1. The van der Waals surface area contributed by atoms with E-state index in [1.807, 2.05) is 36.1 Å². The number of aromatic nitrogens is 2. The second-order valence-corrected chi connectivity index (χ2v) is 6.76. The summed E-state index contributed by atoms with van der Waals surface area (Å²) in [7, 11) is 1.63. The van der Waals surface area contributed by atoms with Gasteiger partial charge in [-0.25, -0.2) is 0 Å². The third-order valence-electron chi connectivity index (χ3n) is 4.80. The van der Waals surface area contributed by atoms with E-state index in [-0.39, 0.29) is 11.8 Å². The Labute approximate surface area is 165 Å². The van der Waals surface area contributed by atoms with Gasteiger partial charge in [-0.05, 0) is 50.5 Å². The molecular weight excluding hydrogens is 360 g/mol. The van der Waals surface area contributed by atoms with E-state index in [2.05, 4.69) is 15.5 Å². The van der Waals surface area contributed by atoms with E-state index < -0.39 is 0 Å². The van der Waals surface area contributed by atoms with E-state index in [0.29, 0.717) is 38.1 Å². The highest BCUT2D eigenvalue weighted by Gasteiger charge is 2.28. The zero-order valence-corrected chi connectivity index (χ0v) is 16.5. The van der Waals surface area contributed by atoms with Gasteiger partial charge in [0, 0.05) is 38.4 Å². The molecule has 0 unspecified atom stereocenters. The molecule has 1 atom stereocenters. The quantitative estimate of drug-likeness (QED) is 0.660. The van der Waals surface area contributed by atoms with Crippen LogP contribution in [0, 0.1) is 5.92 Å². The molecule has 0 spiro atoms. The summed E-state index contributed by atoms with van der Waals surface area (Å²) in [6.45, 7) is 5.36. The van der Waals surface area contributed by atoms with Crippen molar-refractivity contribution in [1.82, 2.24) is 15.5 Å². The van der Waals surface area contributed by atoms with Gasteiger partial charge in [0.25, 0.3) is 0 Å². The molecule has 8 nitrogen and oxygen atoms in total. The maximum atomic E-state index is 12.4. The van der Waals surface area contributed by atoms with E-state index in [9.17, 15) is 4.79 Å². The molecule has 3 rings (SSSR count). The number of hydrogen-bond acceptors (Lipinski definition) is 7. The van der Waals surface area contributed by atoms with Crippen molar-refractivity contribution >= 4 is 11.9 Å². The number of amides is 1. The third-order valence-corrected chi connectivity index (χ3v) is 4.80. The van der Waals surface area contributed by atoms with Crippen molar-refractivity contribution in [2.45, 2.75) is 26.2 Å². The smallest absolute Gasteiger partial charge is 0.324 e. The van der Waals surface area contributed by atoms with E-state index in [4.69, 9.17) is 14.0 Å². The Bertz CT molecular complexity index is 747. The minimum absolute atomic E-state index is 0.0721.